The number of aliphatic hydroxyl groups is 2. The van der Waals surface area contributed by atoms with Crippen molar-refractivity contribution in [2.24, 2.45) is 0 Å². The molecule has 5 heteroatoms. The molecule has 0 aliphatic rings. The SMILES string of the molecule is CC(C)(O)C(=O)c1ccc(OCCNCCO)cc1. The molecule has 0 aliphatic carbocycles. The lowest BCUT2D eigenvalue weighted by Gasteiger charge is -2.15. The van der Waals surface area contributed by atoms with E-state index < -0.39 is 5.60 Å². The predicted octanol–water partition coefficient (Wildman–Crippen LogP) is 0.601. The summed E-state index contributed by atoms with van der Waals surface area (Å²) in [5, 5.41) is 21.2. The quantitative estimate of drug-likeness (QED) is 0.475. The zero-order valence-electron chi connectivity index (χ0n) is 11.3. The summed E-state index contributed by atoms with van der Waals surface area (Å²) in [6, 6.07) is 6.67. The van der Waals surface area contributed by atoms with Crippen molar-refractivity contribution in [2.45, 2.75) is 19.4 Å². The van der Waals surface area contributed by atoms with Gasteiger partial charge in [0.1, 0.15) is 18.0 Å². The van der Waals surface area contributed by atoms with Gasteiger partial charge in [0.05, 0.1) is 6.61 Å². The maximum atomic E-state index is 11.8. The Morgan fingerprint density at radius 2 is 1.89 bits per heavy atom. The maximum Gasteiger partial charge on any atom is 0.193 e. The van der Waals surface area contributed by atoms with Gasteiger partial charge in [-0.3, -0.25) is 4.79 Å². The molecule has 0 heterocycles. The van der Waals surface area contributed by atoms with Crippen LogP contribution in [0.15, 0.2) is 24.3 Å². The number of rotatable bonds is 8. The molecule has 0 aliphatic heterocycles. The van der Waals surface area contributed by atoms with E-state index in [0.717, 1.165) is 0 Å². The van der Waals surface area contributed by atoms with Crippen LogP contribution in [0.5, 0.6) is 5.75 Å². The summed E-state index contributed by atoms with van der Waals surface area (Å²) < 4.78 is 5.45. The van der Waals surface area contributed by atoms with Gasteiger partial charge in [0, 0.05) is 18.7 Å². The number of hydrogen-bond acceptors (Lipinski definition) is 5. The summed E-state index contributed by atoms with van der Waals surface area (Å²) >= 11 is 0. The second-order valence-corrected chi connectivity index (χ2v) is 4.73. The number of benzene rings is 1. The average Bonchev–Trinajstić information content (AvgIpc) is 2.37. The molecule has 1 aromatic carbocycles. The third-order valence-corrected chi connectivity index (χ3v) is 2.51. The van der Waals surface area contributed by atoms with Crippen LogP contribution in [-0.2, 0) is 0 Å². The Balaban J connectivity index is 2.46. The normalized spacial score (nSPS) is 11.4. The maximum absolute atomic E-state index is 11.8. The van der Waals surface area contributed by atoms with E-state index in [2.05, 4.69) is 5.32 Å². The second-order valence-electron chi connectivity index (χ2n) is 4.73. The summed E-state index contributed by atoms with van der Waals surface area (Å²) in [4.78, 5) is 11.8. The van der Waals surface area contributed by atoms with E-state index in [1.54, 1.807) is 24.3 Å². The second kappa shape index (κ2) is 7.23. The third kappa shape index (κ3) is 5.38. The first-order valence-electron chi connectivity index (χ1n) is 6.27. The molecule has 0 radical (unpaired) electrons. The Hall–Kier alpha value is -1.43. The highest BCUT2D eigenvalue weighted by Crippen LogP contribution is 2.16. The van der Waals surface area contributed by atoms with Gasteiger partial charge in [0.2, 0.25) is 0 Å². The highest BCUT2D eigenvalue weighted by Gasteiger charge is 2.24. The van der Waals surface area contributed by atoms with Gasteiger partial charge < -0.3 is 20.3 Å². The van der Waals surface area contributed by atoms with E-state index in [4.69, 9.17) is 9.84 Å². The molecule has 0 unspecified atom stereocenters. The average molecular weight is 267 g/mol. The monoisotopic (exact) mass is 267 g/mol. The lowest BCUT2D eigenvalue weighted by Crippen LogP contribution is -2.31. The fourth-order valence-corrected chi connectivity index (χ4v) is 1.50. The van der Waals surface area contributed by atoms with Crippen LogP contribution in [0.25, 0.3) is 0 Å². The Kier molecular flexibility index (Phi) is 5.95. The Morgan fingerprint density at radius 3 is 2.42 bits per heavy atom. The lowest BCUT2D eigenvalue weighted by atomic mass is 9.97. The molecule has 0 aromatic heterocycles. The zero-order chi connectivity index (χ0) is 14.3. The van der Waals surface area contributed by atoms with Crippen molar-refractivity contribution in [3.8, 4) is 5.75 Å². The molecule has 106 valence electrons. The molecule has 0 spiro atoms. The minimum Gasteiger partial charge on any atom is -0.492 e. The van der Waals surface area contributed by atoms with Gasteiger partial charge in [-0.15, -0.1) is 0 Å². The highest BCUT2D eigenvalue weighted by atomic mass is 16.5. The van der Waals surface area contributed by atoms with Crippen molar-refractivity contribution in [2.75, 3.05) is 26.3 Å². The van der Waals surface area contributed by atoms with Crippen molar-refractivity contribution in [3.63, 3.8) is 0 Å². The van der Waals surface area contributed by atoms with Crippen molar-refractivity contribution < 1.29 is 19.7 Å². The van der Waals surface area contributed by atoms with Crippen LogP contribution in [0.4, 0.5) is 0 Å². The fourth-order valence-electron chi connectivity index (χ4n) is 1.50. The van der Waals surface area contributed by atoms with Crippen molar-refractivity contribution in [1.82, 2.24) is 5.32 Å². The smallest absolute Gasteiger partial charge is 0.193 e. The number of Topliss-reactive ketones (excluding diaryl/α,β-unsaturated/α-hetero) is 1. The third-order valence-electron chi connectivity index (χ3n) is 2.51. The number of hydrogen-bond donors (Lipinski definition) is 3. The molecular formula is C14H21NO4. The lowest BCUT2D eigenvalue weighted by molar-refractivity contribution is 0.0488. The van der Waals surface area contributed by atoms with Gasteiger partial charge in [-0.25, -0.2) is 0 Å². The summed E-state index contributed by atoms with van der Waals surface area (Å²) in [6.45, 7) is 4.71. The van der Waals surface area contributed by atoms with E-state index in [9.17, 15) is 9.90 Å². The first-order valence-corrected chi connectivity index (χ1v) is 6.27. The summed E-state index contributed by atoms with van der Waals surface area (Å²) in [7, 11) is 0. The van der Waals surface area contributed by atoms with E-state index in [-0.39, 0.29) is 12.4 Å². The molecule has 5 nitrogen and oxygen atoms in total. The first kappa shape index (κ1) is 15.6. The molecule has 0 saturated heterocycles. The zero-order valence-corrected chi connectivity index (χ0v) is 11.3. The molecule has 0 atom stereocenters. The minimum absolute atomic E-state index is 0.105. The van der Waals surface area contributed by atoms with Crippen LogP contribution in [0.3, 0.4) is 0 Å². The minimum atomic E-state index is -1.36. The number of aliphatic hydroxyl groups excluding tert-OH is 1. The fraction of sp³-hybridized carbons (Fsp3) is 0.500. The summed E-state index contributed by atoms with van der Waals surface area (Å²) in [6.07, 6.45) is 0. The van der Waals surface area contributed by atoms with E-state index >= 15 is 0 Å². The van der Waals surface area contributed by atoms with Crippen LogP contribution in [0.1, 0.15) is 24.2 Å². The van der Waals surface area contributed by atoms with E-state index in [1.807, 2.05) is 0 Å². The topological polar surface area (TPSA) is 78.8 Å². The first-order chi connectivity index (χ1) is 8.95. The number of ketones is 1. The van der Waals surface area contributed by atoms with Gasteiger partial charge in [-0.05, 0) is 38.1 Å². The Labute approximate surface area is 113 Å². The van der Waals surface area contributed by atoms with Gasteiger partial charge in [-0.1, -0.05) is 0 Å². The highest BCUT2D eigenvalue weighted by molar-refractivity contribution is 6.01. The molecule has 3 N–H and O–H groups in total. The molecule has 0 amide bonds. The Bertz CT molecular complexity index is 395. The van der Waals surface area contributed by atoms with Crippen molar-refractivity contribution >= 4 is 5.78 Å². The molecule has 1 aromatic rings. The summed E-state index contributed by atoms with van der Waals surface area (Å²) in [5.74, 6) is 0.349. The van der Waals surface area contributed by atoms with Crippen LogP contribution >= 0.6 is 0 Å². The number of ether oxygens (including phenoxy) is 1. The van der Waals surface area contributed by atoms with Crippen LogP contribution < -0.4 is 10.1 Å². The molecule has 0 saturated carbocycles. The van der Waals surface area contributed by atoms with E-state index in [1.165, 1.54) is 13.8 Å². The molecule has 0 fully saturated rings. The van der Waals surface area contributed by atoms with Gasteiger partial charge in [0.15, 0.2) is 5.78 Å². The van der Waals surface area contributed by atoms with Gasteiger partial charge >= 0.3 is 0 Å². The van der Waals surface area contributed by atoms with Crippen LogP contribution in [0.2, 0.25) is 0 Å². The van der Waals surface area contributed by atoms with Crippen LogP contribution in [-0.4, -0.2) is 47.9 Å². The van der Waals surface area contributed by atoms with Crippen molar-refractivity contribution in [1.29, 1.82) is 0 Å². The largest absolute Gasteiger partial charge is 0.492 e. The van der Waals surface area contributed by atoms with Crippen LogP contribution in [0, 0.1) is 0 Å². The van der Waals surface area contributed by atoms with Gasteiger partial charge in [-0.2, -0.15) is 0 Å². The summed E-state index contributed by atoms with van der Waals surface area (Å²) in [5.41, 5.74) is -0.908. The predicted molar refractivity (Wildman–Crippen MR) is 72.5 cm³/mol. The standard InChI is InChI=1S/C14H21NO4/c1-14(2,18)13(17)11-3-5-12(6-4-11)19-10-8-15-7-9-16/h3-6,15-16,18H,7-10H2,1-2H3. The molecular weight excluding hydrogens is 246 g/mol. The molecule has 0 bridgehead atoms. The number of nitrogens with one attached hydrogen (secondary N) is 1. The molecule has 1 rings (SSSR count). The van der Waals surface area contributed by atoms with Crippen molar-refractivity contribution in [3.05, 3.63) is 29.8 Å². The number of carbonyl (C=O) groups excluding carboxylic acids is 1. The Morgan fingerprint density at radius 1 is 1.26 bits per heavy atom. The van der Waals surface area contributed by atoms with E-state index in [0.29, 0.717) is 31.0 Å². The molecule has 19 heavy (non-hydrogen) atoms. The van der Waals surface area contributed by atoms with Gasteiger partial charge in [0.25, 0.3) is 0 Å². The number of carbonyl (C=O) groups is 1.